The van der Waals surface area contributed by atoms with Crippen molar-refractivity contribution in [1.82, 2.24) is 10.4 Å². The predicted octanol–water partition coefficient (Wildman–Crippen LogP) is 4.58. The molecule has 7 nitrogen and oxygen atoms in total. The Morgan fingerprint density at radius 3 is 2.50 bits per heavy atom. The highest BCUT2D eigenvalue weighted by atomic mass is 35.5. The molecule has 1 N–H and O–H groups in total. The summed E-state index contributed by atoms with van der Waals surface area (Å²) in [6, 6.07) is 14.2. The van der Waals surface area contributed by atoms with Crippen molar-refractivity contribution in [3.63, 3.8) is 0 Å². The highest BCUT2D eigenvalue weighted by Crippen LogP contribution is 2.42. The number of methoxy groups -OCH3 is 1. The van der Waals surface area contributed by atoms with Crippen molar-refractivity contribution >= 4 is 40.5 Å². The third-order valence-corrected chi connectivity index (χ3v) is 6.23. The van der Waals surface area contributed by atoms with E-state index >= 15 is 0 Å². The van der Waals surface area contributed by atoms with E-state index in [1.54, 1.807) is 30.3 Å². The second-order valence-corrected chi connectivity index (χ2v) is 8.58. The van der Waals surface area contributed by atoms with E-state index in [2.05, 4.69) is 16.6 Å². The van der Waals surface area contributed by atoms with E-state index in [0.717, 1.165) is 37.9 Å². The van der Waals surface area contributed by atoms with Crippen LogP contribution in [0.4, 0.5) is 5.69 Å². The summed E-state index contributed by atoms with van der Waals surface area (Å²) in [5.74, 6) is -0.468. The van der Waals surface area contributed by atoms with Crippen molar-refractivity contribution in [3.8, 4) is 11.8 Å². The summed E-state index contributed by atoms with van der Waals surface area (Å²) in [6.07, 6.45) is 3.20. The molecule has 2 atom stereocenters. The number of carbonyl (C=O) groups is 1. The van der Waals surface area contributed by atoms with E-state index in [-0.39, 0.29) is 11.6 Å². The lowest BCUT2D eigenvalue weighted by Crippen LogP contribution is -2.48. The maximum absolute atomic E-state index is 13.1. The Hall–Kier alpha value is -2.79. The molecule has 0 radical (unpaired) electrons. The zero-order valence-electron chi connectivity index (χ0n) is 17.6. The van der Waals surface area contributed by atoms with Gasteiger partial charge in [0.1, 0.15) is 17.4 Å². The number of piperidine rings is 1. The van der Waals surface area contributed by atoms with Crippen LogP contribution in [-0.4, -0.2) is 36.8 Å². The number of amides is 1. The predicted molar refractivity (Wildman–Crippen MR) is 125 cm³/mol. The molecule has 0 aromatic heterocycles. The second-order valence-electron chi connectivity index (χ2n) is 7.74. The van der Waals surface area contributed by atoms with E-state index in [9.17, 15) is 10.1 Å². The maximum Gasteiger partial charge on any atom is 0.283 e. The Bertz CT molecular complexity index is 1060. The molecule has 2 heterocycles. The molecule has 2 aliphatic heterocycles. The summed E-state index contributed by atoms with van der Waals surface area (Å²) in [5.41, 5.74) is 4.46. The summed E-state index contributed by atoms with van der Waals surface area (Å²) in [4.78, 5) is 13.1. The Morgan fingerprint density at radius 2 is 1.88 bits per heavy atom. The maximum atomic E-state index is 13.1. The van der Waals surface area contributed by atoms with E-state index in [0.29, 0.717) is 21.5 Å². The van der Waals surface area contributed by atoms with Gasteiger partial charge >= 0.3 is 0 Å². The first-order valence-corrected chi connectivity index (χ1v) is 11.2. The van der Waals surface area contributed by atoms with Gasteiger partial charge in [-0.1, -0.05) is 41.8 Å². The molecular weight excluding hydrogens is 449 g/mol. The average molecular weight is 472 g/mol. The molecule has 0 spiro atoms. The highest BCUT2D eigenvalue weighted by molar-refractivity contribution is 6.41. The topological polar surface area (TPSA) is 81.0 Å². The van der Waals surface area contributed by atoms with E-state index < -0.39 is 12.0 Å². The first-order chi connectivity index (χ1) is 15.5. The number of rotatable bonds is 5. The van der Waals surface area contributed by atoms with Gasteiger partial charge in [-0.15, -0.1) is 0 Å². The molecule has 0 bridgehead atoms. The van der Waals surface area contributed by atoms with Crippen LogP contribution in [-0.2, 0) is 4.79 Å². The van der Waals surface area contributed by atoms with Gasteiger partial charge in [-0.25, -0.2) is 5.01 Å². The average Bonchev–Trinajstić information content (AvgIpc) is 3.19. The molecule has 0 saturated carbocycles. The van der Waals surface area contributed by atoms with Gasteiger partial charge in [0.2, 0.25) is 0 Å². The van der Waals surface area contributed by atoms with Crippen LogP contribution in [0.3, 0.4) is 0 Å². The summed E-state index contributed by atoms with van der Waals surface area (Å²) < 4.78 is 5.26. The fourth-order valence-corrected chi connectivity index (χ4v) is 4.56. The summed E-state index contributed by atoms with van der Waals surface area (Å²) in [6.45, 7) is 1.57. The fourth-order valence-electron chi connectivity index (χ4n) is 4.06. The molecule has 9 heteroatoms. The second kappa shape index (κ2) is 9.78. The minimum absolute atomic E-state index is 0.157. The largest absolute Gasteiger partial charge is 0.497 e. The van der Waals surface area contributed by atoms with Crippen molar-refractivity contribution in [2.75, 3.05) is 25.2 Å². The number of anilines is 1. The summed E-state index contributed by atoms with van der Waals surface area (Å²) >= 11 is 12.6. The molecular formula is C23H23Cl2N5O2. The lowest BCUT2D eigenvalue weighted by molar-refractivity contribution is -0.119. The monoisotopic (exact) mass is 471 g/mol. The number of carbonyl (C=O) groups excluding carboxylic acids is 1. The number of nitriles is 1. The molecule has 1 fully saturated rings. The molecule has 2 aromatic rings. The van der Waals surface area contributed by atoms with Crippen molar-refractivity contribution in [2.45, 2.75) is 25.3 Å². The zero-order chi connectivity index (χ0) is 22.7. The van der Waals surface area contributed by atoms with E-state index in [1.807, 2.05) is 29.3 Å². The summed E-state index contributed by atoms with van der Waals surface area (Å²) in [7, 11) is 1.59. The third kappa shape index (κ3) is 4.53. The van der Waals surface area contributed by atoms with Crippen LogP contribution in [0.1, 0.15) is 30.9 Å². The number of halogens is 2. The number of nitrogens with zero attached hydrogens (tertiary/aromatic N) is 4. The van der Waals surface area contributed by atoms with Crippen LogP contribution in [0.25, 0.3) is 0 Å². The standard InChI is InChI=1S/C23H23Cl2N5O2/c1-32-17-8-5-15(6-9-17)22-18(14-26)21(23(31)28-29-11-3-2-4-12-29)27-30(22)20-10-7-16(24)13-19(20)25/h5-10,13,18,22H,2-4,11-12H2,1H3,(H,28,31)/t18-,22+/m1/s1. The van der Waals surface area contributed by atoms with Crippen LogP contribution in [0.15, 0.2) is 47.6 Å². The van der Waals surface area contributed by atoms with Crippen LogP contribution < -0.4 is 15.2 Å². The Kier molecular flexibility index (Phi) is 6.85. The van der Waals surface area contributed by atoms with Gasteiger partial charge in [-0.2, -0.15) is 10.4 Å². The van der Waals surface area contributed by atoms with Gasteiger partial charge in [0.05, 0.1) is 29.9 Å². The van der Waals surface area contributed by atoms with Crippen molar-refractivity contribution < 1.29 is 9.53 Å². The van der Waals surface area contributed by atoms with E-state index in [1.165, 1.54) is 0 Å². The van der Waals surface area contributed by atoms with Gasteiger partial charge in [0, 0.05) is 18.1 Å². The number of ether oxygens (including phenoxy) is 1. The van der Waals surface area contributed by atoms with Gasteiger partial charge in [0.25, 0.3) is 5.91 Å². The van der Waals surface area contributed by atoms with Crippen LogP contribution >= 0.6 is 23.2 Å². The number of hydrogen-bond acceptors (Lipinski definition) is 6. The van der Waals surface area contributed by atoms with Crippen molar-refractivity contribution in [2.24, 2.45) is 11.0 Å². The molecule has 166 valence electrons. The Labute approximate surface area is 197 Å². The molecule has 2 aliphatic rings. The van der Waals surface area contributed by atoms with Gasteiger partial charge in [-0.3, -0.25) is 15.2 Å². The minimum Gasteiger partial charge on any atom is -0.497 e. The van der Waals surface area contributed by atoms with Crippen LogP contribution in [0.2, 0.25) is 10.0 Å². The molecule has 1 amide bonds. The fraction of sp³-hybridized carbons (Fsp3) is 0.348. The van der Waals surface area contributed by atoms with Gasteiger partial charge in [0.15, 0.2) is 0 Å². The van der Waals surface area contributed by atoms with Crippen molar-refractivity contribution in [3.05, 3.63) is 58.1 Å². The Balaban J connectivity index is 1.72. The molecule has 0 unspecified atom stereocenters. The SMILES string of the molecule is COc1ccc([C@H]2[C@H](C#N)C(C(=O)NN3CCCCC3)=NN2c2ccc(Cl)cc2Cl)cc1. The molecule has 1 saturated heterocycles. The van der Waals surface area contributed by atoms with Crippen molar-refractivity contribution in [1.29, 1.82) is 5.26 Å². The van der Waals surface area contributed by atoms with Gasteiger partial charge in [-0.05, 0) is 48.7 Å². The lowest BCUT2D eigenvalue weighted by atomic mass is 9.90. The number of hydrazine groups is 1. The number of hydrogen-bond donors (Lipinski definition) is 1. The molecule has 32 heavy (non-hydrogen) atoms. The molecule has 4 rings (SSSR count). The van der Waals surface area contributed by atoms with Crippen LogP contribution in [0, 0.1) is 17.2 Å². The Morgan fingerprint density at radius 1 is 1.16 bits per heavy atom. The number of nitrogens with one attached hydrogen (secondary N) is 1. The molecule has 0 aliphatic carbocycles. The third-order valence-electron chi connectivity index (χ3n) is 5.69. The quantitative estimate of drug-likeness (QED) is 0.690. The number of benzene rings is 2. The van der Waals surface area contributed by atoms with E-state index in [4.69, 9.17) is 27.9 Å². The zero-order valence-corrected chi connectivity index (χ0v) is 19.1. The highest BCUT2D eigenvalue weighted by Gasteiger charge is 2.43. The normalized spacial score (nSPS) is 21.1. The summed E-state index contributed by atoms with van der Waals surface area (Å²) in [5, 5.41) is 19.1. The smallest absolute Gasteiger partial charge is 0.283 e. The minimum atomic E-state index is -0.792. The lowest BCUT2D eigenvalue weighted by Gasteiger charge is -2.27. The first-order valence-electron chi connectivity index (χ1n) is 10.4. The van der Waals surface area contributed by atoms with Crippen LogP contribution in [0.5, 0.6) is 5.75 Å². The first kappa shape index (κ1) is 22.4. The number of hydrazone groups is 1. The molecule has 2 aromatic carbocycles. The van der Waals surface area contributed by atoms with Gasteiger partial charge < -0.3 is 4.74 Å².